The van der Waals surface area contributed by atoms with Gasteiger partial charge in [-0.25, -0.2) is 0 Å². The third-order valence-corrected chi connectivity index (χ3v) is 7.00. The molecule has 0 saturated carbocycles. The lowest BCUT2D eigenvalue weighted by molar-refractivity contribution is -0.137. The Balaban J connectivity index is 1.58. The van der Waals surface area contributed by atoms with Gasteiger partial charge in [0.25, 0.3) is 5.91 Å². The summed E-state index contributed by atoms with van der Waals surface area (Å²) in [5.74, 6) is 0.151. The van der Waals surface area contributed by atoms with Crippen LogP contribution in [-0.2, 0) is 22.1 Å². The lowest BCUT2D eigenvalue weighted by Crippen LogP contribution is -2.50. The van der Waals surface area contributed by atoms with Crippen LogP contribution in [0.3, 0.4) is 0 Å². The van der Waals surface area contributed by atoms with Gasteiger partial charge in [-0.15, -0.1) is 0 Å². The Morgan fingerprint density at radius 1 is 1.23 bits per heavy atom. The first-order chi connectivity index (χ1) is 16.7. The fraction of sp³-hybridized carbons (Fsp3) is 0.375. The van der Waals surface area contributed by atoms with Crippen molar-refractivity contribution in [2.24, 2.45) is 0 Å². The fourth-order valence-corrected chi connectivity index (χ4v) is 5.33. The molecule has 2 aromatic rings. The van der Waals surface area contributed by atoms with Crippen molar-refractivity contribution in [3.05, 3.63) is 53.1 Å². The molecular formula is C24H20F3N3O4S. The van der Waals surface area contributed by atoms with Crippen LogP contribution >= 0.6 is 12.2 Å². The SMILES string of the molecule is N#Cc1ccc(N2C(=O)[C@@]3(CCOC3)N(c3ccc4c(c3)CC[C@@H](CO)O4)C2=S)cc1C(F)(F)F. The number of carbonyl (C=O) groups is 1. The molecule has 0 bridgehead atoms. The summed E-state index contributed by atoms with van der Waals surface area (Å²) in [5.41, 5.74) is -1.44. The van der Waals surface area contributed by atoms with E-state index in [0.29, 0.717) is 37.3 Å². The number of carbonyl (C=O) groups excluding carboxylic acids is 1. The normalized spacial score (nSPS) is 24.0. The third kappa shape index (κ3) is 3.73. The van der Waals surface area contributed by atoms with E-state index in [4.69, 9.17) is 27.0 Å². The van der Waals surface area contributed by atoms with E-state index in [1.54, 1.807) is 23.1 Å². The van der Waals surface area contributed by atoms with Crippen molar-refractivity contribution >= 4 is 34.6 Å². The van der Waals surface area contributed by atoms with E-state index in [1.807, 2.05) is 6.07 Å². The largest absolute Gasteiger partial charge is 0.488 e. The molecule has 35 heavy (non-hydrogen) atoms. The van der Waals surface area contributed by atoms with Gasteiger partial charge in [-0.05, 0) is 67.0 Å². The maximum Gasteiger partial charge on any atom is 0.417 e. The molecule has 0 radical (unpaired) electrons. The molecule has 0 unspecified atom stereocenters. The fourth-order valence-electron chi connectivity index (χ4n) is 4.86. The number of aliphatic hydroxyl groups is 1. The molecule has 2 aromatic carbocycles. The summed E-state index contributed by atoms with van der Waals surface area (Å²) in [7, 11) is 0. The highest BCUT2D eigenvalue weighted by Crippen LogP contribution is 2.44. The molecule has 2 saturated heterocycles. The van der Waals surface area contributed by atoms with E-state index in [2.05, 4.69) is 0 Å². The highest BCUT2D eigenvalue weighted by molar-refractivity contribution is 7.81. The van der Waals surface area contributed by atoms with Gasteiger partial charge in [-0.2, -0.15) is 18.4 Å². The van der Waals surface area contributed by atoms with Gasteiger partial charge in [-0.1, -0.05) is 0 Å². The number of hydrogen-bond donors (Lipinski definition) is 1. The number of rotatable bonds is 3. The molecule has 3 heterocycles. The number of fused-ring (bicyclic) bond motifs is 1. The van der Waals surface area contributed by atoms with E-state index in [1.165, 1.54) is 6.07 Å². The van der Waals surface area contributed by atoms with Crippen LogP contribution in [0.2, 0.25) is 0 Å². The Morgan fingerprint density at radius 3 is 2.66 bits per heavy atom. The van der Waals surface area contributed by atoms with Gasteiger partial charge in [0, 0.05) is 18.7 Å². The third-order valence-electron chi connectivity index (χ3n) is 6.64. The highest BCUT2D eigenvalue weighted by Gasteiger charge is 2.58. The first kappa shape index (κ1) is 23.5. The van der Waals surface area contributed by atoms with Crippen LogP contribution in [0.25, 0.3) is 0 Å². The van der Waals surface area contributed by atoms with Crippen LogP contribution in [0.1, 0.15) is 29.5 Å². The number of nitriles is 1. The number of amides is 1. The zero-order chi connectivity index (χ0) is 25.0. The summed E-state index contributed by atoms with van der Waals surface area (Å²) in [6.45, 7) is 0.239. The van der Waals surface area contributed by atoms with Crippen molar-refractivity contribution < 1.29 is 32.5 Å². The Kier molecular flexibility index (Phi) is 5.70. The van der Waals surface area contributed by atoms with E-state index < -0.39 is 28.7 Å². The van der Waals surface area contributed by atoms with Crippen molar-refractivity contribution in [3.8, 4) is 11.8 Å². The van der Waals surface area contributed by atoms with E-state index in [0.717, 1.165) is 22.6 Å². The molecule has 5 rings (SSSR count). The van der Waals surface area contributed by atoms with Gasteiger partial charge >= 0.3 is 6.18 Å². The first-order valence-corrected chi connectivity index (χ1v) is 11.4. The smallest absolute Gasteiger partial charge is 0.417 e. The van der Waals surface area contributed by atoms with E-state index in [-0.39, 0.29) is 30.1 Å². The van der Waals surface area contributed by atoms with Gasteiger partial charge in [-0.3, -0.25) is 9.69 Å². The molecule has 2 atom stereocenters. The molecule has 7 nitrogen and oxygen atoms in total. The monoisotopic (exact) mass is 503 g/mol. The number of hydrogen-bond acceptors (Lipinski definition) is 6. The van der Waals surface area contributed by atoms with Gasteiger partial charge < -0.3 is 19.5 Å². The minimum atomic E-state index is -4.77. The number of alkyl halides is 3. The van der Waals surface area contributed by atoms with Crippen LogP contribution in [-0.4, -0.2) is 47.6 Å². The summed E-state index contributed by atoms with van der Waals surface area (Å²) >= 11 is 5.67. The summed E-state index contributed by atoms with van der Waals surface area (Å²) in [4.78, 5) is 16.5. The van der Waals surface area contributed by atoms with Crippen LogP contribution < -0.4 is 14.5 Å². The number of ether oxygens (including phenoxy) is 2. The number of aryl methyl sites for hydroxylation is 1. The number of thiocarbonyl (C=S) groups is 1. The maximum absolute atomic E-state index is 13.7. The Hall–Kier alpha value is -3.20. The summed E-state index contributed by atoms with van der Waals surface area (Å²) in [5, 5.41) is 18.5. The standard InChI is InChI=1S/C24H20F3N3O4S/c25-24(26,27)19-10-16(3-1-15(19)11-28)29-21(32)23(7-8-33-13-23)30(22(29)35)17-4-6-20-14(9-17)2-5-18(12-31)34-20/h1,3-4,6,9-10,18,31H,2,5,7-8,12-13H2/t18-,23-/m0/s1. The van der Waals surface area contributed by atoms with E-state index >= 15 is 0 Å². The second-order valence-corrected chi connectivity index (χ2v) is 9.05. The van der Waals surface area contributed by atoms with Crippen LogP contribution in [0.5, 0.6) is 5.75 Å². The second kappa shape index (κ2) is 8.48. The number of aliphatic hydroxyl groups excluding tert-OH is 1. The van der Waals surface area contributed by atoms with Gasteiger partial charge in [0.05, 0.1) is 36.1 Å². The summed E-state index contributed by atoms with van der Waals surface area (Å²) in [6, 6.07) is 10.0. The number of benzene rings is 2. The number of halogens is 3. The summed E-state index contributed by atoms with van der Waals surface area (Å²) in [6.07, 6.45) is -3.47. The molecule has 1 spiro atoms. The van der Waals surface area contributed by atoms with Crippen molar-refractivity contribution in [3.63, 3.8) is 0 Å². The molecule has 0 aromatic heterocycles. The lowest BCUT2D eigenvalue weighted by Gasteiger charge is -2.33. The van der Waals surface area contributed by atoms with Gasteiger partial charge in [0.2, 0.25) is 0 Å². The molecule has 2 fully saturated rings. The van der Waals surface area contributed by atoms with Crippen molar-refractivity contribution in [2.75, 3.05) is 29.6 Å². The van der Waals surface area contributed by atoms with Crippen molar-refractivity contribution in [1.29, 1.82) is 5.26 Å². The number of nitrogens with zero attached hydrogens (tertiary/aromatic N) is 3. The molecule has 0 aliphatic carbocycles. The highest BCUT2D eigenvalue weighted by atomic mass is 32.1. The Bertz CT molecular complexity index is 1250. The predicted octanol–water partition coefficient (Wildman–Crippen LogP) is 3.56. The molecule has 3 aliphatic heterocycles. The predicted molar refractivity (Wildman–Crippen MR) is 123 cm³/mol. The molecule has 182 valence electrons. The number of anilines is 2. The van der Waals surface area contributed by atoms with Crippen LogP contribution in [0.4, 0.5) is 24.5 Å². The zero-order valence-electron chi connectivity index (χ0n) is 18.3. The first-order valence-electron chi connectivity index (χ1n) is 11.0. The van der Waals surface area contributed by atoms with Gasteiger partial charge in [0.15, 0.2) is 10.7 Å². The minimum Gasteiger partial charge on any atom is -0.488 e. The topological polar surface area (TPSA) is 86.0 Å². The zero-order valence-corrected chi connectivity index (χ0v) is 19.2. The Morgan fingerprint density at radius 2 is 2.00 bits per heavy atom. The van der Waals surface area contributed by atoms with Crippen LogP contribution in [0.15, 0.2) is 36.4 Å². The van der Waals surface area contributed by atoms with Gasteiger partial charge in [0.1, 0.15) is 11.9 Å². The lowest BCUT2D eigenvalue weighted by atomic mass is 9.95. The molecular weight excluding hydrogens is 483 g/mol. The second-order valence-electron chi connectivity index (χ2n) is 8.69. The molecule has 11 heteroatoms. The van der Waals surface area contributed by atoms with Crippen molar-refractivity contribution in [1.82, 2.24) is 0 Å². The Labute approximate surface area is 204 Å². The van der Waals surface area contributed by atoms with Crippen LogP contribution in [0, 0.1) is 11.3 Å². The maximum atomic E-state index is 13.7. The molecule has 1 N–H and O–H groups in total. The summed E-state index contributed by atoms with van der Waals surface area (Å²) < 4.78 is 52.2. The quantitative estimate of drug-likeness (QED) is 0.641. The minimum absolute atomic E-state index is 0.0308. The van der Waals surface area contributed by atoms with Crippen molar-refractivity contribution in [2.45, 2.75) is 37.1 Å². The molecule has 1 amide bonds. The average molecular weight is 504 g/mol. The van der Waals surface area contributed by atoms with E-state index in [9.17, 15) is 23.1 Å². The average Bonchev–Trinajstić information content (AvgIpc) is 3.41. The molecule has 3 aliphatic rings.